The van der Waals surface area contributed by atoms with E-state index >= 15 is 0 Å². The minimum Gasteiger partial charge on any atom is -0.452 e. The smallest absolute Gasteiger partial charge is 0.452 e. The first-order chi connectivity index (χ1) is 13.4. The Kier molecular flexibility index (Phi) is 6.47. The average molecular weight is 426 g/mol. The summed E-state index contributed by atoms with van der Waals surface area (Å²) in [5.41, 5.74) is 0.284. The molecule has 0 atom stereocenters. The average Bonchev–Trinajstić information content (AvgIpc) is 2.59. The van der Waals surface area contributed by atoms with E-state index in [9.17, 15) is 27.6 Å². The molecule has 0 aliphatic heterocycles. The first-order valence-electron chi connectivity index (χ1n) is 8.30. The second-order valence-electron chi connectivity index (χ2n) is 5.99. The number of carbonyl (C=O) groups excluding carboxylic acids is 3. The van der Waals surface area contributed by atoms with Crippen molar-refractivity contribution in [3.05, 3.63) is 54.1 Å². The monoisotopic (exact) mass is 426 g/mol. The highest BCUT2D eigenvalue weighted by atomic mass is 28.4. The summed E-state index contributed by atoms with van der Waals surface area (Å²) in [4.78, 5) is 34.6. The van der Waals surface area contributed by atoms with E-state index in [0.29, 0.717) is 11.1 Å². The Morgan fingerprint density at radius 3 is 1.34 bits per heavy atom. The Morgan fingerprint density at radius 1 is 0.690 bits per heavy atom. The lowest BCUT2D eigenvalue weighted by Gasteiger charge is -2.26. The van der Waals surface area contributed by atoms with Crippen LogP contribution in [0.2, 0.25) is 0 Å². The molecular formula is C19H17F3O6Si. The summed E-state index contributed by atoms with van der Waals surface area (Å²) in [6.07, 6.45) is -4.44. The van der Waals surface area contributed by atoms with Gasteiger partial charge >= 0.3 is 15.0 Å². The number of hydrogen-bond donors (Lipinski definition) is 0. The molecule has 0 bridgehead atoms. The summed E-state index contributed by atoms with van der Waals surface area (Å²) < 4.78 is 53.5. The topological polar surface area (TPSA) is 78.9 Å². The number of rotatable bonds is 5. The number of halogens is 3. The van der Waals surface area contributed by atoms with Gasteiger partial charge in [0.2, 0.25) is 0 Å². The van der Waals surface area contributed by atoms with Crippen LogP contribution in [0.15, 0.2) is 48.5 Å². The van der Waals surface area contributed by atoms with Crippen molar-refractivity contribution in [3.63, 3.8) is 0 Å². The van der Waals surface area contributed by atoms with Gasteiger partial charge < -0.3 is 13.3 Å². The van der Waals surface area contributed by atoms with Crippen molar-refractivity contribution < 1.29 is 40.8 Å². The third-order valence-corrected chi connectivity index (χ3v) is 6.33. The second-order valence-corrected chi connectivity index (χ2v) is 8.29. The molecule has 0 radical (unpaired) electrons. The van der Waals surface area contributed by atoms with Crippen LogP contribution in [-0.2, 0) is 33.8 Å². The lowest BCUT2D eigenvalue weighted by atomic mass is 10.0. The van der Waals surface area contributed by atoms with Crippen LogP contribution in [0.1, 0.15) is 26.3 Å². The first-order valence-corrected chi connectivity index (χ1v) is 10.0. The molecule has 6 nitrogen and oxygen atoms in total. The molecule has 2 aromatic rings. The van der Waals surface area contributed by atoms with Crippen molar-refractivity contribution in [2.24, 2.45) is 0 Å². The molecule has 2 rings (SSSR count). The van der Waals surface area contributed by atoms with Crippen LogP contribution >= 0.6 is 0 Å². The zero-order chi connectivity index (χ0) is 21.8. The highest BCUT2D eigenvalue weighted by Gasteiger charge is 2.54. The molecule has 10 heteroatoms. The van der Waals surface area contributed by atoms with Gasteiger partial charge in [0.25, 0.3) is 17.9 Å². The molecule has 0 aliphatic carbocycles. The number of alkyl halides is 3. The van der Waals surface area contributed by atoms with E-state index in [4.69, 9.17) is 13.3 Å². The summed E-state index contributed by atoms with van der Waals surface area (Å²) in [6, 6.07) is 10.4. The Morgan fingerprint density at radius 2 is 1.03 bits per heavy atom. The highest BCUT2D eigenvalue weighted by molar-refractivity contribution is 6.79. The van der Waals surface area contributed by atoms with Gasteiger partial charge in [-0.2, -0.15) is 13.2 Å². The van der Waals surface area contributed by atoms with E-state index in [2.05, 4.69) is 0 Å². The zero-order valence-electron chi connectivity index (χ0n) is 15.7. The van der Waals surface area contributed by atoms with Crippen LogP contribution in [-0.4, -0.2) is 26.7 Å². The Hall–Kier alpha value is -3.14. The van der Waals surface area contributed by atoms with Crippen molar-refractivity contribution in [2.75, 3.05) is 0 Å². The predicted octanol–water partition coefficient (Wildman–Crippen LogP) is 3.21. The van der Waals surface area contributed by atoms with Crippen LogP contribution in [0.3, 0.4) is 0 Å². The van der Waals surface area contributed by atoms with Gasteiger partial charge in [0, 0.05) is 20.8 Å². The molecule has 0 fully saturated rings. The molecule has 0 saturated carbocycles. The second kappa shape index (κ2) is 8.48. The Bertz CT molecular complexity index is 866. The summed E-state index contributed by atoms with van der Waals surface area (Å²) >= 11 is 0. The molecule has 0 amide bonds. The van der Waals surface area contributed by atoms with Crippen LogP contribution < -0.4 is 5.19 Å². The number of benzene rings is 2. The van der Waals surface area contributed by atoms with Gasteiger partial charge in [-0.25, -0.2) is 0 Å². The van der Waals surface area contributed by atoms with Crippen molar-refractivity contribution in [3.8, 4) is 11.1 Å². The third-order valence-electron chi connectivity index (χ3n) is 3.62. The van der Waals surface area contributed by atoms with Crippen LogP contribution in [0.5, 0.6) is 0 Å². The van der Waals surface area contributed by atoms with E-state index in [1.807, 2.05) is 0 Å². The summed E-state index contributed by atoms with van der Waals surface area (Å²) in [5, 5.41) is 0.161. The largest absolute Gasteiger partial charge is 0.742 e. The van der Waals surface area contributed by atoms with Crippen molar-refractivity contribution in [2.45, 2.75) is 26.9 Å². The molecule has 2 aromatic carbocycles. The van der Waals surface area contributed by atoms with Gasteiger partial charge in [0.15, 0.2) is 0 Å². The van der Waals surface area contributed by atoms with Gasteiger partial charge in [-0.15, -0.1) is 0 Å². The lowest BCUT2D eigenvalue weighted by Crippen LogP contribution is -2.59. The molecule has 0 aromatic heterocycles. The minimum absolute atomic E-state index is 0.161. The molecule has 0 saturated heterocycles. The molecule has 29 heavy (non-hydrogen) atoms. The third kappa shape index (κ3) is 5.67. The number of hydrogen-bond acceptors (Lipinski definition) is 6. The van der Waals surface area contributed by atoms with Gasteiger partial charge in [-0.05, 0) is 23.3 Å². The molecule has 0 aliphatic rings. The maximum absolute atomic E-state index is 12.7. The Labute approximate surface area is 165 Å². The fourth-order valence-corrected chi connectivity index (χ4v) is 4.71. The number of carbonyl (C=O) groups is 3. The molecule has 0 spiro atoms. The van der Waals surface area contributed by atoms with Gasteiger partial charge in [-0.1, -0.05) is 36.4 Å². The van der Waals surface area contributed by atoms with Gasteiger partial charge in [0.1, 0.15) is 0 Å². The van der Waals surface area contributed by atoms with E-state index < -0.39 is 38.5 Å². The van der Waals surface area contributed by atoms with Crippen molar-refractivity contribution in [1.29, 1.82) is 0 Å². The quantitative estimate of drug-likeness (QED) is 0.684. The fraction of sp³-hybridized carbons (Fsp3) is 0.211. The Balaban J connectivity index is 2.43. The molecular weight excluding hydrogens is 409 g/mol. The van der Waals surface area contributed by atoms with Gasteiger partial charge in [0.05, 0.1) is 10.8 Å². The van der Waals surface area contributed by atoms with Crippen LogP contribution in [0.4, 0.5) is 13.2 Å². The molecule has 154 valence electrons. The van der Waals surface area contributed by atoms with E-state index in [1.54, 1.807) is 0 Å². The first kappa shape index (κ1) is 22.1. The molecule has 0 unspecified atom stereocenters. The van der Waals surface area contributed by atoms with E-state index in [1.165, 1.54) is 36.4 Å². The maximum Gasteiger partial charge on any atom is 0.742 e. The van der Waals surface area contributed by atoms with Gasteiger partial charge in [-0.3, -0.25) is 14.4 Å². The van der Waals surface area contributed by atoms with Crippen LogP contribution in [0.25, 0.3) is 11.1 Å². The van der Waals surface area contributed by atoms with E-state index in [-0.39, 0.29) is 5.19 Å². The summed E-state index contributed by atoms with van der Waals surface area (Å²) in [7, 11) is -4.22. The minimum atomic E-state index is -4.44. The lowest BCUT2D eigenvalue weighted by molar-refractivity contribution is -0.146. The zero-order valence-corrected chi connectivity index (χ0v) is 16.7. The summed E-state index contributed by atoms with van der Waals surface area (Å²) in [5.74, 6) is -2.44. The van der Waals surface area contributed by atoms with Crippen LogP contribution in [0, 0.1) is 0 Å². The van der Waals surface area contributed by atoms with E-state index in [0.717, 1.165) is 32.9 Å². The molecule has 0 heterocycles. The molecule has 0 N–H and O–H groups in total. The van der Waals surface area contributed by atoms with Crippen molar-refractivity contribution in [1.82, 2.24) is 0 Å². The maximum atomic E-state index is 12.7. The SMILES string of the molecule is CC(=O)O[Si](OC(C)=O)(OC(C)=O)c1ccc(-c2ccc(C(F)(F)F)cc2)cc1. The predicted molar refractivity (Wildman–Crippen MR) is 97.6 cm³/mol. The highest BCUT2D eigenvalue weighted by Crippen LogP contribution is 2.31. The summed E-state index contributed by atoms with van der Waals surface area (Å²) in [6.45, 7) is 3.22. The normalized spacial score (nSPS) is 11.5. The van der Waals surface area contributed by atoms with Crippen molar-refractivity contribution >= 4 is 31.9 Å². The fourth-order valence-electron chi connectivity index (χ4n) is 2.53. The standard InChI is InChI=1S/C19H17F3O6Si/c1-12(23)26-29(27-13(2)24,28-14(3)25)18-10-6-16(7-11-18)15-4-8-17(9-5-15)19(20,21)22/h4-11H,1-3H3.